The normalized spacial score (nSPS) is 22.8. The molecule has 2 aliphatic heterocycles. The van der Waals surface area contributed by atoms with Crippen molar-refractivity contribution in [2.75, 3.05) is 43.0 Å². The number of carbonyl (C=O) groups excluding carboxylic acids is 1. The van der Waals surface area contributed by atoms with Gasteiger partial charge < -0.3 is 10.1 Å². The molecule has 0 bridgehead atoms. The average Bonchev–Trinajstić information content (AvgIpc) is 2.88. The topological polar surface area (TPSA) is 70.7 Å². The van der Waals surface area contributed by atoms with Crippen LogP contribution in [-0.4, -0.2) is 55.0 Å². The molecule has 2 aliphatic rings. The van der Waals surface area contributed by atoms with Gasteiger partial charge in [0.2, 0.25) is 5.91 Å². The van der Waals surface area contributed by atoms with E-state index in [0.717, 1.165) is 28.0 Å². The highest BCUT2D eigenvalue weighted by Crippen LogP contribution is 2.48. The number of quaternary nitrogens is 1. The number of aromatic nitrogens is 1. The highest BCUT2D eigenvalue weighted by atomic mass is 19.4. The van der Waals surface area contributed by atoms with Gasteiger partial charge in [0.1, 0.15) is 32.4 Å². The third kappa shape index (κ3) is 4.58. The van der Waals surface area contributed by atoms with Crippen molar-refractivity contribution >= 4 is 17.4 Å². The van der Waals surface area contributed by atoms with Gasteiger partial charge in [-0.3, -0.25) is 4.79 Å². The van der Waals surface area contributed by atoms with E-state index in [1.54, 1.807) is 40.0 Å². The van der Waals surface area contributed by atoms with Crippen LogP contribution in [0.4, 0.5) is 24.7 Å². The fourth-order valence-electron chi connectivity index (χ4n) is 5.88. The highest BCUT2D eigenvalue weighted by molar-refractivity contribution is 6.11. The summed E-state index contributed by atoms with van der Waals surface area (Å²) in [7, 11) is 1.73. The van der Waals surface area contributed by atoms with Crippen LogP contribution in [0.5, 0.6) is 0 Å². The lowest BCUT2D eigenvalue weighted by molar-refractivity contribution is -1.09. The number of likely N-dealkylation sites (N-methyl/N-ethyl adjacent to an activating group) is 1. The second kappa shape index (κ2) is 9.49. The Bertz CT molecular complexity index is 1480. The Morgan fingerprint density at radius 1 is 1.07 bits per heavy atom. The van der Waals surface area contributed by atoms with Gasteiger partial charge in [0.15, 0.2) is 0 Å². The van der Waals surface area contributed by atoms with Gasteiger partial charge in [0.25, 0.3) is 5.82 Å². The van der Waals surface area contributed by atoms with Gasteiger partial charge in [0, 0.05) is 11.6 Å². The van der Waals surface area contributed by atoms with Gasteiger partial charge in [-0.15, -0.1) is 0 Å². The van der Waals surface area contributed by atoms with E-state index in [2.05, 4.69) is 0 Å². The number of aryl methyl sites for hydroxylation is 2. The van der Waals surface area contributed by atoms with Crippen molar-refractivity contribution in [2.45, 2.75) is 45.3 Å². The molecule has 2 fully saturated rings. The van der Waals surface area contributed by atoms with Crippen LogP contribution in [0.3, 0.4) is 0 Å². The minimum absolute atomic E-state index is 0.120. The highest BCUT2D eigenvalue weighted by Gasteiger charge is 2.58. The number of piperazine rings is 1. The molecule has 3 aromatic rings. The second-order valence-corrected chi connectivity index (χ2v) is 11.5. The molecule has 2 atom stereocenters. The molecule has 2 saturated heterocycles. The van der Waals surface area contributed by atoms with Crippen LogP contribution in [0.25, 0.3) is 11.1 Å². The number of hydroxylamine groups is 3. The molecule has 212 valence electrons. The Balaban J connectivity index is 1.59. The van der Waals surface area contributed by atoms with E-state index in [-0.39, 0.29) is 10.6 Å². The van der Waals surface area contributed by atoms with Crippen LogP contribution in [0, 0.1) is 19.1 Å². The van der Waals surface area contributed by atoms with Gasteiger partial charge in [-0.1, -0.05) is 35.9 Å². The number of rotatable bonds is 4. The van der Waals surface area contributed by atoms with Crippen molar-refractivity contribution in [3.63, 3.8) is 0 Å². The smallest absolute Gasteiger partial charge is 0.416 e. The largest absolute Gasteiger partial charge is 0.711 e. The molecule has 40 heavy (non-hydrogen) atoms. The molecule has 0 spiro atoms. The molecule has 10 heteroatoms. The molecular formula is C30H34F3N4O3+. The molecule has 1 aromatic heterocycles. The standard InChI is InChI=1S/C30H34F3N4O3/c1-19-14-22(16-23(15-19)30(31,32)33)29(4)21(3)36(28(29)38)26-18-35(39)27(34-10-12-37(5,40)13-11-34)17-25(26)24-9-7-6-8-20(24)2/h6-9,14-18,21,40H,10-13H2,1-5H3/q+1. The monoisotopic (exact) mass is 555 g/mol. The number of pyridine rings is 1. The fraction of sp³-hybridized carbons (Fsp3) is 0.400. The van der Waals surface area contributed by atoms with Gasteiger partial charge in [0.05, 0.1) is 29.8 Å². The Kier molecular flexibility index (Phi) is 6.62. The molecule has 0 saturated carbocycles. The molecular weight excluding hydrogens is 521 g/mol. The van der Waals surface area contributed by atoms with Crippen LogP contribution < -0.4 is 14.5 Å². The lowest BCUT2D eigenvalue weighted by Gasteiger charge is -2.53. The number of halogens is 3. The van der Waals surface area contributed by atoms with E-state index < -0.39 is 23.2 Å². The third-order valence-corrected chi connectivity index (χ3v) is 8.63. The number of anilines is 2. The predicted molar refractivity (Wildman–Crippen MR) is 146 cm³/mol. The first-order chi connectivity index (χ1) is 18.6. The van der Waals surface area contributed by atoms with Crippen molar-refractivity contribution in [1.82, 2.24) is 0 Å². The minimum atomic E-state index is -4.53. The maximum absolute atomic E-state index is 13.9. The van der Waals surface area contributed by atoms with E-state index >= 15 is 0 Å². The van der Waals surface area contributed by atoms with Crippen LogP contribution in [0.1, 0.15) is 36.1 Å². The number of hydrogen-bond donors (Lipinski definition) is 1. The van der Waals surface area contributed by atoms with Crippen LogP contribution >= 0.6 is 0 Å². The minimum Gasteiger partial charge on any atom is -0.711 e. The zero-order chi connectivity index (χ0) is 29.2. The summed E-state index contributed by atoms with van der Waals surface area (Å²) in [6.07, 6.45) is -3.14. The van der Waals surface area contributed by atoms with E-state index in [0.29, 0.717) is 54.4 Å². The summed E-state index contributed by atoms with van der Waals surface area (Å²) in [5.41, 5.74) is 1.64. The van der Waals surface area contributed by atoms with Gasteiger partial charge in [-0.25, -0.2) is 14.8 Å². The van der Waals surface area contributed by atoms with Crippen molar-refractivity contribution in [3.8, 4) is 11.1 Å². The number of benzene rings is 2. The number of amides is 1. The number of hydrogen-bond acceptors (Lipinski definition) is 4. The molecule has 7 nitrogen and oxygen atoms in total. The molecule has 0 aliphatic carbocycles. The summed E-state index contributed by atoms with van der Waals surface area (Å²) in [5.74, 6) is 0.0474. The summed E-state index contributed by atoms with van der Waals surface area (Å²) in [5, 5.41) is 23.7. The zero-order valence-electron chi connectivity index (χ0n) is 23.3. The lowest BCUT2D eigenvalue weighted by Crippen LogP contribution is -2.70. The van der Waals surface area contributed by atoms with Gasteiger partial charge in [-0.2, -0.15) is 17.8 Å². The van der Waals surface area contributed by atoms with Crippen molar-refractivity contribution in [3.05, 3.63) is 82.2 Å². The van der Waals surface area contributed by atoms with E-state index in [9.17, 15) is 28.4 Å². The van der Waals surface area contributed by atoms with Crippen LogP contribution in [-0.2, 0) is 16.4 Å². The molecule has 5 rings (SSSR count). The first kappa shape index (κ1) is 27.9. The summed E-state index contributed by atoms with van der Waals surface area (Å²) < 4.78 is 41.4. The van der Waals surface area contributed by atoms with Crippen LogP contribution in [0.2, 0.25) is 0 Å². The van der Waals surface area contributed by atoms with Crippen molar-refractivity contribution in [1.29, 1.82) is 0 Å². The lowest BCUT2D eigenvalue weighted by atomic mass is 9.67. The zero-order valence-corrected chi connectivity index (χ0v) is 23.3. The van der Waals surface area contributed by atoms with Crippen molar-refractivity contribution < 1.29 is 32.5 Å². The van der Waals surface area contributed by atoms with Gasteiger partial charge >= 0.3 is 6.18 Å². The quantitative estimate of drug-likeness (QED) is 0.214. The van der Waals surface area contributed by atoms with E-state index in [1.807, 2.05) is 36.1 Å². The molecule has 2 unspecified atom stereocenters. The van der Waals surface area contributed by atoms with Crippen LogP contribution in [0.15, 0.2) is 54.7 Å². The summed E-state index contributed by atoms with van der Waals surface area (Å²) in [6, 6.07) is 12.7. The Hall–Kier alpha value is -3.63. The fourth-order valence-corrected chi connectivity index (χ4v) is 5.88. The Labute approximate surface area is 231 Å². The third-order valence-electron chi connectivity index (χ3n) is 8.63. The second-order valence-electron chi connectivity index (χ2n) is 11.5. The Morgan fingerprint density at radius 3 is 2.33 bits per heavy atom. The summed E-state index contributed by atoms with van der Waals surface area (Å²) in [4.78, 5) is 17.3. The maximum atomic E-state index is 13.9. The molecule has 0 radical (unpaired) electrons. The summed E-state index contributed by atoms with van der Waals surface area (Å²) >= 11 is 0. The maximum Gasteiger partial charge on any atom is 0.416 e. The van der Waals surface area contributed by atoms with Gasteiger partial charge in [-0.05, 0) is 56.5 Å². The Morgan fingerprint density at radius 2 is 1.73 bits per heavy atom. The van der Waals surface area contributed by atoms with E-state index in [4.69, 9.17) is 0 Å². The number of nitrogens with zero attached hydrogens (tertiary/aromatic N) is 4. The average molecular weight is 556 g/mol. The first-order valence-electron chi connectivity index (χ1n) is 13.3. The SMILES string of the molecule is Cc1cc(C(F)(F)F)cc(C2(C)C(=O)N(c3c[n+]([O-])c(N4CC[N+](C)(O)CC4)cc3-c3ccccc3C)C2C)c1. The predicted octanol–water partition coefficient (Wildman–Crippen LogP) is 4.97. The molecule has 1 amide bonds. The number of β-lactam (4-membered cyclic amide) rings is 1. The summed E-state index contributed by atoms with van der Waals surface area (Å²) in [6.45, 7) is 8.87. The van der Waals surface area contributed by atoms with Crippen molar-refractivity contribution in [2.24, 2.45) is 0 Å². The molecule has 1 N–H and O–H groups in total. The number of alkyl halides is 3. The molecule has 2 aromatic carbocycles. The first-order valence-corrected chi connectivity index (χ1v) is 13.3. The number of carbonyl (C=O) groups is 1. The molecule has 3 heterocycles. The van der Waals surface area contributed by atoms with E-state index in [1.165, 1.54) is 11.1 Å².